The molecule has 0 radical (unpaired) electrons. The van der Waals surface area contributed by atoms with Crippen molar-refractivity contribution < 1.29 is 34.2 Å². The maximum atomic E-state index is 13.3. The molecule has 42 heavy (non-hydrogen) atoms. The number of aromatic hydroxyl groups is 1. The molecule has 1 fully saturated rings. The van der Waals surface area contributed by atoms with Crippen LogP contribution in [0.25, 0.3) is 0 Å². The molecule has 0 aliphatic carbocycles. The Hall–Kier alpha value is -3.75. The average Bonchev–Trinajstić information content (AvgIpc) is 2.94. The third kappa shape index (κ3) is 9.67. The summed E-state index contributed by atoms with van der Waals surface area (Å²) in [6.07, 6.45) is 0.249. The largest absolute Gasteiger partial charge is 0.508 e. The molecule has 1 aliphatic heterocycles. The third-order valence-corrected chi connectivity index (χ3v) is 9.76. The summed E-state index contributed by atoms with van der Waals surface area (Å²) in [4.78, 5) is 64.3. The molecule has 1 heterocycles. The van der Waals surface area contributed by atoms with Crippen molar-refractivity contribution in [3.05, 3.63) is 65.7 Å². The van der Waals surface area contributed by atoms with Crippen LogP contribution >= 0.6 is 21.6 Å². The number of phenols is 1. The van der Waals surface area contributed by atoms with Gasteiger partial charge >= 0.3 is 5.97 Å². The molecule has 0 spiro atoms. The zero-order valence-electron chi connectivity index (χ0n) is 23.2. The molecule has 1 unspecified atom stereocenters. The first-order valence-corrected chi connectivity index (χ1v) is 15.5. The van der Waals surface area contributed by atoms with Crippen molar-refractivity contribution in [3.63, 3.8) is 0 Å². The van der Waals surface area contributed by atoms with Crippen molar-refractivity contribution in [1.29, 1.82) is 0 Å². The number of benzene rings is 2. The topological polar surface area (TPSA) is 200 Å². The number of nitrogens with one attached hydrogen (secondary N) is 4. The number of hydrogen-bond acceptors (Lipinski definition) is 9. The van der Waals surface area contributed by atoms with Crippen molar-refractivity contribution in [2.24, 2.45) is 5.73 Å². The number of phenolic OH excluding ortho intramolecular Hbond substituents is 1. The summed E-state index contributed by atoms with van der Waals surface area (Å²) in [6.45, 7) is 2.90. The highest BCUT2D eigenvalue weighted by Crippen LogP contribution is 2.38. The lowest BCUT2D eigenvalue weighted by molar-refractivity contribution is -0.141. The first kappa shape index (κ1) is 32.8. The van der Waals surface area contributed by atoms with Gasteiger partial charge in [-0.15, -0.1) is 0 Å². The predicted molar refractivity (Wildman–Crippen MR) is 160 cm³/mol. The number of aliphatic carboxylic acids is 1. The number of carbonyl (C=O) groups excluding carboxylic acids is 4. The minimum atomic E-state index is -1.27. The maximum absolute atomic E-state index is 13.3. The second-order valence-corrected chi connectivity index (χ2v) is 13.3. The first-order valence-electron chi connectivity index (χ1n) is 13.1. The Morgan fingerprint density at radius 3 is 2.33 bits per heavy atom. The molecular weight excluding hydrogens is 582 g/mol. The number of rotatable bonds is 7. The van der Waals surface area contributed by atoms with E-state index in [1.54, 1.807) is 56.3 Å². The second-order valence-electron chi connectivity index (χ2n) is 10.3. The minimum absolute atomic E-state index is 0.0518. The molecule has 1 saturated heterocycles. The van der Waals surface area contributed by atoms with E-state index in [9.17, 15) is 34.2 Å². The van der Waals surface area contributed by atoms with Crippen LogP contribution in [0.5, 0.6) is 5.75 Å². The molecule has 3 rings (SSSR count). The molecule has 8 N–H and O–H groups in total. The Bertz CT molecular complexity index is 1280. The highest BCUT2D eigenvalue weighted by Gasteiger charge is 2.39. The van der Waals surface area contributed by atoms with Gasteiger partial charge in [-0.25, -0.2) is 4.79 Å². The molecule has 14 heteroatoms. The third-order valence-electron chi connectivity index (χ3n) is 6.45. The zero-order valence-corrected chi connectivity index (χ0v) is 24.8. The lowest BCUT2D eigenvalue weighted by Crippen LogP contribution is -2.60. The van der Waals surface area contributed by atoms with Gasteiger partial charge in [0.05, 0.1) is 12.6 Å². The molecule has 0 aromatic heterocycles. The van der Waals surface area contributed by atoms with Gasteiger partial charge in [-0.05, 0) is 43.5 Å². The van der Waals surface area contributed by atoms with Crippen molar-refractivity contribution in [3.8, 4) is 5.75 Å². The summed E-state index contributed by atoms with van der Waals surface area (Å²) >= 11 is 0. The smallest absolute Gasteiger partial charge is 0.327 e. The van der Waals surface area contributed by atoms with Crippen molar-refractivity contribution in [2.75, 3.05) is 12.3 Å². The van der Waals surface area contributed by atoms with E-state index in [0.29, 0.717) is 5.56 Å². The molecule has 1 aliphatic rings. The molecule has 226 valence electrons. The predicted octanol–water partition coefficient (Wildman–Crippen LogP) is 0.334. The highest BCUT2D eigenvalue weighted by molar-refractivity contribution is 8.77. The zero-order chi connectivity index (χ0) is 30.9. The molecular formula is C28H35N5O7S2. The molecule has 4 atom stereocenters. The van der Waals surface area contributed by atoms with Gasteiger partial charge in [-0.2, -0.15) is 0 Å². The Morgan fingerprint density at radius 2 is 1.69 bits per heavy atom. The monoisotopic (exact) mass is 617 g/mol. The summed E-state index contributed by atoms with van der Waals surface area (Å²) in [7, 11) is 2.28. The number of amides is 4. The summed E-state index contributed by atoms with van der Waals surface area (Å²) in [6, 6.07) is 10.6. The van der Waals surface area contributed by atoms with Gasteiger partial charge in [0.1, 0.15) is 23.9 Å². The molecule has 2 aromatic rings. The standard InChI is InChI=1S/C28H35N5O7S2/c1-28(2)23(33-24(36)19(29)12-17-8-10-18(34)11-9-17)26(38)30-14-22(35)31-20(13-16-6-4-3-5-7-16)25(37)32-21(27(39)40)15-41-42-28/h3-11,19-21,23,34H,12-15,29H2,1-2H3,(H,30,38)(H,31,35)(H,32,37)(H,33,36)(H,39,40)/t19-,20-,21-,23?/m0/s1. The Labute approximate surface area is 251 Å². The molecule has 0 saturated carbocycles. The molecule has 2 aromatic carbocycles. The number of carboxylic acids is 1. The van der Waals surface area contributed by atoms with E-state index in [1.165, 1.54) is 12.1 Å². The molecule has 4 amide bonds. The van der Waals surface area contributed by atoms with Gasteiger partial charge in [-0.1, -0.05) is 64.1 Å². The van der Waals surface area contributed by atoms with Gasteiger partial charge in [0.2, 0.25) is 23.6 Å². The quantitative estimate of drug-likeness (QED) is 0.213. The molecule has 12 nitrogen and oxygen atoms in total. The first-order chi connectivity index (χ1) is 19.9. The van der Waals surface area contributed by atoms with E-state index in [2.05, 4.69) is 21.3 Å². The van der Waals surface area contributed by atoms with E-state index in [-0.39, 0.29) is 24.3 Å². The number of carboxylic acid groups (broad SMARTS) is 1. The fourth-order valence-electron chi connectivity index (χ4n) is 4.11. The van der Waals surface area contributed by atoms with Gasteiger partial charge < -0.3 is 37.2 Å². The molecule has 0 bridgehead atoms. The van der Waals surface area contributed by atoms with Crippen molar-refractivity contribution in [1.82, 2.24) is 21.3 Å². The summed E-state index contributed by atoms with van der Waals surface area (Å²) < 4.78 is -0.994. The van der Waals surface area contributed by atoms with Crippen LogP contribution in [0.4, 0.5) is 0 Å². The Balaban J connectivity index is 1.79. The summed E-state index contributed by atoms with van der Waals surface area (Å²) in [5, 5.41) is 29.6. The van der Waals surface area contributed by atoms with Crippen LogP contribution in [-0.4, -0.2) is 81.0 Å². The van der Waals surface area contributed by atoms with Crippen LogP contribution in [0.15, 0.2) is 54.6 Å². The van der Waals surface area contributed by atoms with Gasteiger partial charge in [0.25, 0.3) is 0 Å². The highest BCUT2D eigenvalue weighted by atomic mass is 33.1. The van der Waals surface area contributed by atoms with Crippen LogP contribution in [0.2, 0.25) is 0 Å². The van der Waals surface area contributed by atoms with Gasteiger partial charge in [0, 0.05) is 16.9 Å². The van der Waals surface area contributed by atoms with Gasteiger partial charge in [0.15, 0.2) is 0 Å². The van der Waals surface area contributed by atoms with Gasteiger partial charge in [-0.3, -0.25) is 19.2 Å². The number of carbonyl (C=O) groups is 5. The Morgan fingerprint density at radius 1 is 1.02 bits per heavy atom. The average molecular weight is 618 g/mol. The number of nitrogens with two attached hydrogens (primary N) is 1. The normalized spacial score (nSPS) is 22.5. The summed E-state index contributed by atoms with van der Waals surface area (Å²) in [5.74, 6) is -3.82. The van der Waals surface area contributed by atoms with E-state index in [4.69, 9.17) is 5.73 Å². The lowest BCUT2D eigenvalue weighted by Gasteiger charge is -2.34. The van der Waals surface area contributed by atoms with E-state index >= 15 is 0 Å². The van der Waals surface area contributed by atoms with Crippen LogP contribution in [0.1, 0.15) is 25.0 Å². The minimum Gasteiger partial charge on any atom is -0.508 e. The SMILES string of the molecule is CC1(C)SSC[C@@H](C(=O)O)NC(=O)[C@H](Cc2ccccc2)NC(=O)CNC(=O)C1NC(=O)[C@@H](N)Cc1ccc(O)cc1. The maximum Gasteiger partial charge on any atom is 0.327 e. The fourth-order valence-corrected chi connectivity index (χ4v) is 6.91. The van der Waals surface area contributed by atoms with Crippen LogP contribution in [-0.2, 0) is 36.8 Å². The van der Waals surface area contributed by atoms with Crippen molar-refractivity contribution in [2.45, 2.75) is 55.6 Å². The van der Waals surface area contributed by atoms with E-state index in [1.807, 2.05) is 0 Å². The van der Waals surface area contributed by atoms with E-state index in [0.717, 1.165) is 27.2 Å². The fraction of sp³-hybridized carbons (Fsp3) is 0.393. The summed E-state index contributed by atoms with van der Waals surface area (Å²) in [5.41, 5.74) is 7.58. The van der Waals surface area contributed by atoms with Crippen LogP contribution in [0, 0.1) is 0 Å². The Kier molecular flexibility index (Phi) is 11.6. The number of hydrogen-bond donors (Lipinski definition) is 7. The lowest BCUT2D eigenvalue weighted by atomic mass is 10.0. The van der Waals surface area contributed by atoms with E-state index < -0.39 is 65.1 Å². The van der Waals surface area contributed by atoms with Crippen LogP contribution in [0.3, 0.4) is 0 Å². The second kappa shape index (κ2) is 14.9. The van der Waals surface area contributed by atoms with Crippen LogP contribution < -0.4 is 27.0 Å². The van der Waals surface area contributed by atoms with Crippen molar-refractivity contribution >= 4 is 51.2 Å².